The molecule has 1 aromatic heterocycles. The average molecular weight is 371 g/mol. The monoisotopic (exact) mass is 369 g/mol. The summed E-state index contributed by atoms with van der Waals surface area (Å²) in [5.74, 6) is -0.780. The van der Waals surface area contributed by atoms with E-state index in [1.165, 1.54) is 16.7 Å². The van der Waals surface area contributed by atoms with Gasteiger partial charge in [0, 0.05) is 17.6 Å². The molecule has 0 aliphatic carbocycles. The highest BCUT2D eigenvalue weighted by Gasteiger charge is 2.17. The minimum Gasteiger partial charge on any atom is -0.408 e. The van der Waals surface area contributed by atoms with Gasteiger partial charge in [0.05, 0.1) is 10.3 Å². The van der Waals surface area contributed by atoms with Crippen molar-refractivity contribution in [1.29, 1.82) is 0 Å². The van der Waals surface area contributed by atoms with Crippen molar-refractivity contribution < 1.29 is 8.81 Å². The summed E-state index contributed by atoms with van der Waals surface area (Å²) in [7, 11) is 1.64. The summed E-state index contributed by atoms with van der Waals surface area (Å²) in [6.07, 6.45) is 0. The molecular formula is C15H10BrClFNO2. The third-order valence-electron chi connectivity index (χ3n) is 3.34. The Morgan fingerprint density at radius 1 is 1.29 bits per heavy atom. The van der Waals surface area contributed by atoms with Crippen LogP contribution in [0.15, 0.2) is 45.6 Å². The fraction of sp³-hybridized carbons (Fsp3) is 0.133. The zero-order valence-electron chi connectivity index (χ0n) is 10.9. The van der Waals surface area contributed by atoms with Crippen molar-refractivity contribution in [2.24, 2.45) is 7.05 Å². The number of aromatic nitrogens is 1. The van der Waals surface area contributed by atoms with Crippen LogP contribution in [0.4, 0.5) is 4.39 Å². The van der Waals surface area contributed by atoms with Crippen molar-refractivity contribution in [2.75, 3.05) is 0 Å². The molecule has 0 aliphatic heterocycles. The maximum absolute atomic E-state index is 13.9. The second-order valence-corrected chi connectivity index (χ2v) is 6.03. The van der Waals surface area contributed by atoms with E-state index in [0.717, 1.165) is 5.56 Å². The number of rotatable bonds is 2. The van der Waals surface area contributed by atoms with Gasteiger partial charge < -0.3 is 4.42 Å². The van der Waals surface area contributed by atoms with Crippen LogP contribution >= 0.6 is 27.5 Å². The number of halogens is 3. The summed E-state index contributed by atoms with van der Waals surface area (Å²) in [6.45, 7) is 0. The first-order chi connectivity index (χ1) is 9.97. The highest BCUT2D eigenvalue weighted by Crippen LogP contribution is 2.35. The molecule has 21 heavy (non-hydrogen) atoms. The smallest absolute Gasteiger partial charge is 0.408 e. The van der Waals surface area contributed by atoms with E-state index in [2.05, 4.69) is 15.9 Å². The topological polar surface area (TPSA) is 35.1 Å². The average Bonchev–Trinajstić information content (AvgIpc) is 2.75. The summed E-state index contributed by atoms with van der Waals surface area (Å²) in [4.78, 5) is 11.1. The van der Waals surface area contributed by atoms with E-state index >= 15 is 0 Å². The quantitative estimate of drug-likeness (QED) is 0.626. The first-order valence-corrected chi connectivity index (χ1v) is 7.45. The molecule has 0 bridgehead atoms. The predicted octanol–water partition coefficient (Wildman–Crippen LogP) is 4.41. The van der Waals surface area contributed by atoms with E-state index in [-0.39, 0.29) is 10.6 Å². The van der Waals surface area contributed by atoms with Gasteiger partial charge in [-0.05, 0) is 35.9 Å². The Morgan fingerprint density at radius 3 is 2.81 bits per heavy atom. The molecule has 0 saturated carbocycles. The van der Waals surface area contributed by atoms with Crippen LogP contribution in [-0.2, 0) is 7.05 Å². The molecule has 0 saturated heterocycles. The van der Waals surface area contributed by atoms with Gasteiger partial charge in [-0.15, -0.1) is 0 Å². The fourth-order valence-corrected chi connectivity index (χ4v) is 3.01. The zero-order chi connectivity index (χ0) is 15.1. The SMILES string of the molecule is Cn1c(=O)oc2cc(C(Br)c3cc(Cl)ccc3F)ccc21. The Bertz CT molecular complexity index is 887. The Balaban J connectivity index is 2.11. The Labute approximate surface area is 133 Å². The van der Waals surface area contributed by atoms with Gasteiger partial charge in [-0.1, -0.05) is 33.6 Å². The van der Waals surface area contributed by atoms with E-state index in [1.54, 1.807) is 25.2 Å². The molecule has 2 aromatic carbocycles. The van der Waals surface area contributed by atoms with E-state index in [1.807, 2.05) is 6.07 Å². The summed E-state index contributed by atoms with van der Waals surface area (Å²) >= 11 is 9.38. The second-order valence-electron chi connectivity index (χ2n) is 4.68. The van der Waals surface area contributed by atoms with Crippen LogP contribution in [0, 0.1) is 5.82 Å². The zero-order valence-corrected chi connectivity index (χ0v) is 13.3. The van der Waals surface area contributed by atoms with Gasteiger partial charge in [-0.2, -0.15) is 0 Å². The van der Waals surface area contributed by atoms with Gasteiger partial charge in [-0.25, -0.2) is 9.18 Å². The number of benzene rings is 2. The van der Waals surface area contributed by atoms with Crippen molar-refractivity contribution in [3.8, 4) is 0 Å². The molecule has 1 unspecified atom stereocenters. The van der Waals surface area contributed by atoms with Crippen molar-refractivity contribution in [3.63, 3.8) is 0 Å². The van der Waals surface area contributed by atoms with E-state index in [0.29, 0.717) is 21.7 Å². The Kier molecular flexibility index (Phi) is 3.63. The van der Waals surface area contributed by atoms with Gasteiger partial charge in [0.15, 0.2) is 5.58 Å². The lowest BCUT2D eigenvalue weighted by molar-refractivity contribution is 0.528. The largest absolute Gasteiger partial charge is 0.419 e. The molecule has 6 heteroatoms. The second kappa shape index (κ2) is 5.31. The third kappa shape index (κ3) is 2.51. The summed E-state index contributed by atoms with van der Waals surface area (Å²) < 4.78 is 20.5. The Morgan fingerprint density at radius 2 is 2.05 bits per heavy atom. The van der Waals surface area contributed by atoms with E-state index < -0.39 is 5.76 Å². The molecule has 0 spiro atoms. The molecule has 0 fully saturated rings. The maximum Gasteiger partial charge on any atom is 0.419 e. The molecule has 3 rings (SSSR count). The highest BCUT2D eigenvalue weighted by molar-refractivity contribution is 9.09. The molecule has 3 nitrogen and oxygen atoms in total. The lowest BCUT2D eigenvalue weighted by Crippen LogP contribution is -2.08. The molecule has 0 radical (unpaired) electrons. The number of nitrogens with zero attached hydrogens (tertiary/aromatic N) is 1. The van der Waals surface area contributed by atoms with Gasteiger partial charge in [-0.3, -0.25) is 4.57 Å². The summed E-state index contributed by atoms with van der Waals surface area (Å²) in [5.41, 5.74) is 2.36. The number of fused-ring (bicyclic) bond motifs is 1. The van der Waals surface area contributed by atoms with Gasteiger partial charge in [0.2, 0.25) is 0 Å². The van der Waals surface area contributed by atoms with Crippen LogP contribution in [-0.4, -0.2) is 4.57 Å². The molecule has 0 N–H and O–H groups in total. The van der Waals surface area contributed by atoms with Crippen molar-refractivity contribution in [3.05, 3.63) is 68.9 Å². The molecule has 0 aliphatic rings. The van der Waals surface area contributed by atoms with Crippen LogP contribution in [0.25, 0.3) is 11.1 Å². The van der Waals surface area contributed by atoms with Crippen LogP contribution < -0.4 is 5.76 Å². The van der Waals surface area contributed by atoms with Gasteiger partial charge in [0.1, 0.15) is 5.82 Å². The summed E-state index contributed by atoms with van der Waals surface area (Å²) in [5, 5.41) is 0.461. The van der Waals surface area contributed by atoms with E-state index in [4.69, 9.17) is 16.0 Å². The van der Waals surface area contributed by atoms with Gasteiger partial charge in [0.25, 0.3) is 0 Å². The number of hydrogen-bond donors (Lipinski definition) is 0. The molecular weight excluding hydrogens is 361 g/mol. The summed E-state index contributed by atoms with van der Waals surface area (Å²) in [6, 6.07) is 9.70. The number of hydrogen-bond acceptors (Lipinski definition) is 2. The predicted molar refractivity (Wildman–Crippen MR) is 83.6 cm³/mol. The van der Waals surface area contributed by atoms with Crippen LogP contribution in [0.1, 0.15) is 16.0 Å². The lowest BCUT2D eigenvalue weighted by atomic mass is 10.0. The normalized spacial score (nSPS) is 12.8. The van der Waals surface area contributed by atoms with E-state index in [9.17, 15) is 9.18 Å². The van der Waals surface area contributed by atoms with Crippen molar-refractivity contribution in [1.82, 2.24) is 4.57 Å². The van der Waals surface area contributed by atoms with Crippen LogP contribution in [0.5, 0.6) is 0 Å². The van der Waals surface area contributed by atoms with Gasteiger partial charge >= 0.3 is 5.76 Å². The fourth-order valence-electron chi connectivity index (χ4n) is 2.20. The first-order valence-electron chi connectivity index (χ1n) is 6.16. The number of oxazole rings is 1. The molecule has 0 amide bonds. The van der Waals surface area contributed by atoms with Crippen molar-refractivity contribution >= 4 is 38.6 Å². The number of aryl methyl sites for hydroxylation is 1. The maximum atomic E-state index is 13.9. The minimum atomic E-state index is -0.429. The molecule has 1 heterocycles. The minimum absolute atomic E-state index is 0.351. The van der Waals surface area contributed by atoms with Crippen LogP contribution in [0.2, 0.25) is 5.02 Å². The lowest BCUT2D eigenvalue weighted by Gasteiger charge is -2.12. The molecule has 108 valence electrons. The van der Waals surface area contributed by atoms with Crippen LogP contribution in [0.3, 0.4) is 0 Å². The number of alkyl halides is 1. The molecule has 3 aromatic rings. The Hall–Kier alpha value is -1.59. The standard InChI is InChI=1S/C15H10BrClFNO2/c1-19-12-5-2-8(6-13(12)21-15(19)20)14(16)10-7-9(17)3-4-11(10)18/h2-7,14H,1H3. The third-order valence-corrected chi connectivity index (χ3v) is 4.60. The highest BCUT2D eigenvalue weighted by atomic mass is 79.9. The molecule has 1 atom stereocenters. The first kappa shape index (κ1) is 14.4. The van der Waals surface area contributed by atoms with Crippen molar-refractivity contribution in [2.45, 2.75) is 4.83 Å².